The summed E-state index contributed by atoms with van der Waals surface area (Å²) in [6.45, 7) is 1.30. The van der Waals surface area contributed by atoms with Crippen molar-refractivity contribution in [2.75, 3.05) is 27.2 Å². The van der Waals surface area contributed by atoms with Crippen LogP contribution in [0, 0.1) is 11.8 Å². The minimum absolute atomic E-state index is 0.0740. The van der Waals surface area contributed by atoms with Crippen LogP contribution in [0.3, 0.4) is 0 Å². The minimum atomic E-state index is -0.164. The van der Waals surface area contributed by atoms with Gasteiger partial charge in [-0.2, -0.15) is 0 Å². The predicted octanol–water partition coefficient (Wildman–Crippen LogP) is 1.81. The summed E-state index contributed by atoms with van der Waals surface area (Å²) < 4.78 is 0. The molecule has 0 bridgehead atoms. The highest BCUT2D eigenvalue weighted by molar-refractivity contribution is 5.92. The van der Waals surface area contributed by atoms with Gasteiger partial charge in [-0.1, -0.05) is 0 Å². The van der Waals surface area contributed by atoms with Crippen LogP contribution in [0.2, 0.25) is 0 Å². The van der Waals surface area contributed by atoms with Crippen molar-refractivity contribution < 1.29 is 9.59 Å². The van der Waals surface area contributed by atoms with Crippen molar-refractivity contribution in [2.45, 2.75) is 19.3 Å². The van der Waals surface area contributed by atoms with E-state index in [1.165, 1.54) is 0 Å². The molecule has 3 rings (SSSR count). The molecule has 1 aliphatic rings. The fourth-order valence-corrected chi connectivity index (χ4v) is 3.22. The molecule has 6 heteroatoms. The average molecular weight is 366 g/mol. The molecule has 6 nitrogen and oxygen atoms in total. The van der Waals surface area contributed by atoms with Gasteiger partial charge in [0.1, 0.15) is 0 Å². The Morgan fingerprint density at radius 1 is 0.815 bits per heavy atom. The van der Waals surface area contributed by atoms with E-state index in [2.05, 4.69) is 9.97 Å². The largest absolute Gasteiger partial charge is 0.345 e. The molecule has 0 radical (unpaired) electrons. The van der Waals surface area contributed by atoms with E-state index in [9.17, 15) is 9.59 Å². The van der Waals surface area contributed by atoms with Gasteiger partial charge in [0.15, 0.2) is 0 Å². The van der Waals surface area contributed by atoms with E-state index in [4.69, 9.17) is 0 Å². The lowest BCUT2D eigenvalue weighted by Gasteiger charge is -2.19. The first kappa shape index (κ1) is 19.0. The normalized spacial score (nSPS) is 18.0. The second kappa shape index (κ2) is 8.75. The molecular formula is C21H26N4O2. The number of pyridine rings is 2. The standard InChI is InChI=1S/C21H26N4O2/c1-24(13-7-16-3-9-22-10-4-16)20(26)18-15-19(18)21(27)25(2)14-8-17-5-11-23-12-6-17/h3-6,9-12,18-19H,7-8,13-15H2,1-2H3. The maximum absolute atomic E-state index is 12.6. The van der Waals surface area contributed by atoms with Crippen molar-refractivity contribution in [3.05, 3.63) is 60.2 Å². The lowest BCUT2D eigenvalue weighted by Crippen LogP contribution is -2.34. The van der Waals surface area contributed by atoms with E-state index in [1.807, 2.05) is 38.4 Å². The van der Waals surface area contributed by atoms with E-state index < -0.39 is 0 Å². The van der Waals surface area contributed by atoms with Gasteiger partial charge in [-0.25, -0.2) is 0 Å². The van der Waals surface area contributed by atoms with E-state index in [1.54, 1.807) is 34.6 Å². The highest BCUT2D eigenvalue weighted by atomic mass is 16.2. The van der Waals surface area contributed by atoms with Crippen LogP contribution < -0.4 is 0 Å². The Balaban J connectivity index is 1.43. The van der Waals surface area contributed by atoms with Gasteiger partial charge in [0, 0.05) is 52.0 Å². The molecule has 2 aromatic rings. The first-order valence-electron chi connectivity index (χ1n) is 9.34. The van der Waals surface area contributed by atoms with Gasteiger partial charge >= 0.3 is 0 Å². The summed E-state index contributed by atoms with van der Waals surface area (Å²) in [5.74, 6) is -0.179. The lowest BCUT2D eigenvalue weighted by atomic mass is 10.1. The quantitative estimate of drug-likeness (QED) is 0.715. The average Bonchev–Trinajstić information content (AvgIpc) is 3.51. The van der Waals surface area contributed by atoms with Crippen LogP contribution in [0.15, 0.2) is 49.1 Å². The molecule has 1 saturated carbocycles. The molecule has 142 valence electrons. The third kappa shape index (κ3) is 5.12. The number of nitrogens with zero attached hydrogens (tertiary/aromatic N) is 4. The van der Waals surface area contributed by atoms with Gasteiger partial charge in [0.25, 0.3) is 0 Å². The fraction of sp³-hybridized carbons (Fsp3) is 0.429. The van der Waals surface area contributed by atoms with Gasteiger partial charge in [-0.3, -0.25) is 19.6 Å². The van der Waals surface area contributed by atoms with Gasteiger partial charge in [0.2, 0.25) is 11.8 Å². The van der Waals surface area contributed by atoms with E-state index in [0.717, 1.165) is 24.0 Å². The zero-order valence-corrected chi connectivity index (χ0v) is 15.9. The smallest absolute Gasteiger partial charge is 0.226 e. The van der Waals surface area contributed by atoms with E-state index in [0.29, 0.717) is 19.5 Å². The maximum atomic E-state index is 12.6. The van der Waals surface area contributed by atoms with Crippen LogP contribution >= 0.6 is 0 Å². The molecule has 2 unspecified atom stereocenters. The molecule has 0 aromatic carbocycles. The molecule has 2 heterocycles. The number of hydrogen-bond donors (Lipinski definition) is 0. The molecule has 27 heavy (non-hydrogen) atoms. The maximum Gasteiger partial charge on any atom is 0.226 e. The lowest BCUT2D eigenvalue weighted by molar-refractivity contribution is -0.136. The predicted molar refractivity (Wildman–Crippen MR) is 103 cm³/mol. The zero-order valence-electron chi connectivity index (χ0n) is 15.9. The molecule has 1 aliphatic carbocycles. The molecule has 0 N–H and O–H groups in total. The van der Waals surface area contributed by atoms with Crippen molar-refractivity contribution >= 4 is 11.8 Å². The second-order valence-electron chi connectivity index (χ2n) is 7.18. The summed E-state index contributed by atoms with van der Waals surface area (Å²) in [5.41, 5.74) is 2.31. The Morgan fingerprint density at radius 2 is 1.19 bits per heavy atom. The summed E-state index contributed by atoms with van der Waals surface area (Å²) in [7, 11) is 3.63. The van der Waals surface area contributed by atoms with Crippen molar-refractivity contribution in [2.24, 2.45) is 11.8 Å². The fourth-order valence-electron chi connectivity index (χ4n) is 3.22. The topological polar surface area (TPSA) is 66.4 Å². The summed E-state index contributed by atoms with van der Waals surface area (Å²) in [5, 5.41) is 0. The van der Waals surface area contributed by atoms with Crippen molar-refractivity contribution in [3.63, 3.8) is 0 Å². The van der Waals surface area contributed by atoms with Crippen LogP contribution in [0.5, 0.6) is 0 Å². The summed E-state index contributed by atoms with van der Waals surface area (Å²) in [6.07, 6.45) is 9.28. The third-order valence-electron chi connectivity index (χ3n) is 5.15. The number of amides is 2. The molecule has 0 aliphatic heterocycles. The Morgan fingerprint density at radius 3 is 1.56 bits per heavy atom. The first-order valence-corrected chi connectivity index (χ1v) is 9.34. The summed E-state index contributed by atoms with van der Waals surface area (Å²) in [6, 6.07) is 7.83. The van der Waals surface area contributed by atoms with Gasteiger partial charge in [-0.05, 0) is 54.7 Å². The van der Waals surface area contributed by atoms with Crippen LogP contribution in [-0.4, -0.2) is 58.8 Å². The summed E-state index contributed by atoms with van der Waals surface area (Å²) in [4.78, 5) is 36.6. The Bertz CT molecular complexity index is 701. The first-order chi connectivity index (χ1) is 13.1. The van der Waals surface area contributed by atoms with Gasteiger partial charge in [-0.15, -0.1) is 0 Å². The minimum Gasteiger partial charge on any atom is -0.345 e. The molecule has 2 aromatic heterocycles. The number of carbonyl (C=O) groups is 2. The molecule has 1 fully saturated rings. The van der Waals surface area contributed by atoms with E-state index in [-0.39, 0.29) is 23.7 Å². The monoisotopic (exact) mass is 366 g/mol. The van der Waals surface area contributed by atoms with Crippen molar-refractivity contribution in [1.82, 2.24) is 19.8 Å². The van der Waals surface area contributed by atoms with Crippen LogP contribution in [-0.2, 0) is 22.4 Å². The van der Waals surface area contributed by atoms with E-state index >= 15 is 0 Å². The van der Waals surface area contributed by atoms with Crippen LogP contribution in [0.1, 0.15) is 17.5 Å². The highest BCUT2D eigenvalue weighted by Gasteiger charge is 2.49. The molecule has 2 amide bonds. The number of rotatable bonds is 8. The number of carbonyl (C=O) groups excluding carboxylic acids is 2. The van der Waals surface area contributed by atoms with Crippen LogP contribution in [0.4, 0.5) is 0 Å². The third-order valence-corrected chi connectivity index (χ3v) is 5.15. The van der Waals surface area contributed by atoms with Gasteiger partial charge in [0.05, 0.1) is 11.8 Å². The van der Waals surface area contributed by atoms with Crippen molar-refractivity contribution in [3.8, 4) is 0 Å². The second-order valence-corrected chi connectivity index (χ2v) is 7.18. The zero-order chi connectivity index (χ0) is 19.2. The van der Waals surface area contributed by atoms with Crippen LogP contribution in [0.25, 0.3) is 0 Å². The molecule has 0 saturated heterocycles. The Labute approximate surface area is 160 Å². The van der Waals surface area contributed by atoms with Gasteiger partial charge < -0.3 is 9.80 Å². The molecule has 0 spiro atoms. The Kier molecular flexibility index (Phi) is 6.16. The number of hydrogen-bond acceptors (Lipinski definition) is 4. The van der Waals surface area contributed by atoms with Crippen molar-refractivity contribution in [1.29, 1.82) is 0 Å². The molecule has 2 atom stereocenters. The summed E-state index contributed by atoms with van der Waals surface area (Å²) >= 11 is 0. The Hall–Kier alpha value is -2.76. The SMILES string of the molecule is CN(CCc1ccncc1)C(=O)C1CC1C(=O)N(C)CCc1ccncc1. The molecular weight excluding hydrogens is 340 g/mol. The number of aromatic nitrogens is 2. The highest BCUT2D eigenvalue weighted by Crippen LogP contribution is 2.41. The number of likely N-dealkylation sites (N-methyl/N-ethyl adjacent to an activating group) is 2.